The highest BCUT2D eigenvalue weighted by atomic mass is 16.1. The number of nitrogens with one attached hydrogen (secondary N) is 1. The maximum atomic E-state index is 12.9. The molecule has 0 bridgehead atoms. The van der Waals surface area contributed by atoms with E-state index < -0.39 is 0 Å². The Labute approximate surface area is 161 Å². The number of benzene rings is 1. The average Bonchev–Trinajstić information content (AvgIpc) is 3.51. The molecule has 1 aromatic carbocycles. The van der Waals surface area contributed by atoms with Gasteiger partial charge < -0.3 is 4.98 Å². The van der Waals surface area contributed by atoms with Crippen LogP contribution >= 0.6 is 0 Å². The smallest absolute Gasteiger partial charge is 0.251 e. The summed E-state index contributed by atoms with van der Waals surface area (Å²) in [5, 5.41) is 9.45. The van der Waals surface area contributed by atoms with E-state index in [2.05, 4.69) is 44.8 Å². The van der Waals surface area contributed by atoms with E-state index in [0.717, 1.165) is 42.0 Å². The quantitative estimate of drug-likeness (QED) is 0.814. The van der Waals surface area contributed by atoms with E-state index in [1.807, 2.05) is 12.1 Å². The van der Waals surface area contributed by atoms with Crippen LogP contribution in [0.1, 0.15) is 84.5 Å². The van der Waals surface area contributed by atoms with Gasteiger partial charge in [-0.2, -0.15) is 5.26 Å². The van der Waals surface area contributed by atoms with Gasteiger partial charge in [0.25, 0.3) is 5.56 Å². The van der Waals surface area contributed by atoms with E-state index in [0.29, 0.717) is 5.56 Å². The van der Waals surface area contributed by atoms with Crippen LogP contribution < -0.4 is 5.56 Å². The number of nitrogens with zero attached hydrogens (tertiary/aromatic N) is 1. The fourth-order valence-corrected chi connectivity index (χ4v) is 4.67. The Kier molecular flexibility index (Phi) is 4.26. The van der Waals surface area contributed by atoms with Crippen LogP contribution in [-0.2, 0) is 11.8 Å². The summed E-state index contributed by atoms with van der Waals surface area (Å²) in [5.74, 6) is 0.941. The molecule has 2 aliphatic rings. The third-order valence-corrected chi connectivity index (χ3v) is 6.32. The third-order valence-electron chi connectivity index (χ3n) is 6.32. The molecule has 1 N–H and O–H groups in total. The highest BCUT2D eigenvalue weighted by Crippen LogP contribution is 2.57. The van der Waals surface area contributed by atoms with Crippen molar-refractivity contribution in [3.63, 3.8) is 0 Å². The summed E-state index contributed by atoms with van der Waals surface area (Å²) >= 11 is 0. The highest BCUT2D eigenvalue weighted by Gasteiger charge is 2.50. The van der Waals surface area contributed by atoms with E-state index in [1.165, 1.54) is 29.5 Å². The zero-order valence-electron chi connectivity index (χ0n) is 16.8. The summed E-state index contributed by atoms with van der Waals surface area (Å²) in [4.78, 5) is 16.1. The predicted octanol–water partition coefficient (Wildman–Crippen LogP) is 5.02. The Balaban J connectivity index is 1.98. The monoisotopic (exact) mass is 360 g/mol. The molecule has 1 aromatic heterocycles. The molecule has 4 rings (SSSR count). The van der Waals surface area contributed by atoms with Crippen molar-refractivity contribution in [1.29, 1.82) is 5.26 Å². The number of nitriles is 1. The molecular weight excluding hydrogens is 332 g/mol. The lowest BCUT2D eigenvalue weighted by molar-refractivity contribution is 0.714. The molecule has 0 atom stereocenters. The van der Waals surface area contributed by atoms with E-state index in [1.54, 1.807) is 0 Å². The van der Waals surface area contributed by atoms with Crippen molar-refractivity contribution >= 4 is 0 Å². The third kappa shape index (κ3) is 3.12. The Morgan fingerprint density at radius 2 is 1.93 bits per heavy atom. The molecule has 27 heavy (non-hydrogen) atoms. The summed E-state index contributed by atoms with van der Waals surface area (Å²) in [6.45, 7) is 8.35. The van der Waals surface area contributed by atoms with E-state index in [-0.39, 0.29) is 16.9 Å². The first-order valence-corrected chi connectivity index (χ1v) is 10.1. The topological polar surface area (TPSA) is 56.6 Å². The van der Waals surface area contributed by atoms with Crippen molar-refractivity contribution < 1.29 is 0 Å². The molecule has 0 radical (unpaired) electrons. The van der Waals surface area contributed by atoms with Crippen LogP contribution in [0.2, 0.25) is 0 Å². The highest BCUT2D eigenvalue weighted by molar-refractivity contribution is 5.56. The molecule has 1 heterocycles. The first-order valence-electron chi connectivity index (χ1n) is 10.1. The lowest BCUT2D eigenvalue weighted by Crippen LogP contribution is -2.26. The minimum atomic E-state index is -0.0968. The minimum absolute atomic E-state index is 0.0662. The van der Waals surface area contributed by atoms with Crippen molar-refractivity contribution in [2.75, 3.05) is 0 Å². The molecule has 3 nitrogen and oxygen atoms in total. The SMILES string of the molecule is Cc1cc(C#N)cc(C2(c3c(CC4CC4)c(C)[nH]c(=O)c3C(C)C)CC2)c1. The second-order valence-electron chi connectivity index (χ2n) is 8.93. The van der Waals surface area contributed by atoms with Crippen LogP contribution in [-0.4, -0.2) is 4.98 Å². The minimum Gasteiger partial charge on any atom is -0.326 e. The van der Waals surface area contributed by atoms with Crippen LogP contribution in [0.4, 0.5) is 0 Å². The van der Waals surface area contributed by atoms with Gasteiger partial charge in [-0.1, -0.05) is 19.9 Å². The normalized spacial score (nSPS) is 17.8. The van der Waals surface area contributed by atoms with Gasteiger partial charge in [0.15, 0.2) is 0 Å². The Morgan fingerprint density at radius 3 is 2.48 bits per heavy atom. The zero-order chi connectivity index (χ0) is 19.3. The molecule has 140 valence electrons. The Hall–Kier alpha value is -2.34. The van der Waals surface area contributed by atoms with Crippen molar-refractivity contribution in [1.82, 2.24) is 4.98 Å². The maximum Gasteiger partial charge on any atom is 0.251 e. The van der Waals surface area contributed by atoms with Gasteiger partial charge in [0, 0.05) is 16.7 Å². The number of aromatic nitrogens is 1. The molecule has 0 aliphatic heterocycles. The summed E-state index contributed by atoms with van der Waals surface area (Å²) in [6.07, 6.45) is 5.77. The summed E-state index contributed by atoms with van der Waals surface area (Å²) in [6, 6.07) is 8.51. The van der Waals surface area contributed by atoms with Crippen LogP contribution in [0, 0.1) is 31.1 Å². The molecular formula is C24H28N2O. The number of rotatable bonds is 5. The van der Waals surface area contributed by atoms with Crippen LogP contribution in [0.3, 0.4) is 0 Å². The predicted molar refractivity (Wildman–Crippen MR) is 108 cm³/mol. The molecule has 2 saturated carbocycles. The van der Waals surface area contributed by atoms with Crippen molar-refractivity contribution in [3.05, 3.63) is 67.6 Å². The molecule has 0 saturated heterocycles. The molecule has 0 unspecified atom stereocenters. The van der Waals surface area contributed by atoms with Crippen molar-refractivity contribution in [2.45, 2.75) is 71.1 Å². The second kappa shape index (κ2) is 6.37. The standard InChI is InChI=1S/C24H28N2O/c1-14(2)21-22(20(12-17-5-6-17)16(4)26-23(21)27)24(7-8-24)19-10-15(3)9-18(11-19)13-25/h9-11,14,17H,5-8,12H2,1-4H3,(H,26,27). The van der Waals surface area contributed by atoms with Gasteiger partial charge >= 0.3 is 0 Å². The van der Waals surface area contributed by atoms with Gasteiger partial charge in [0.05, 0.1) is 11.6 Å². The van der Waals surface area contributed by atoms with Crippen molar-refractivity contribution in [2.24, 2.45) is 5.92 Å². The van der Waals surface area contributed by atoms with Gasteiger partial charge in [-0.3, -0.25) is 4.79 Å². The lowest BCUT2D eigenvalue weighted by Gasteiger charge is -2.27. The zero-order valence-corrected chi connectivity index (χ0v) is 16.8. The first kappa shape index (κ1) is 18.0. The van der Waals surface area contributed by atoms with E-state index >= 15 is 0 Å². The van der Waals surface area contributed by atoms with Gasteiger partial charge in [-0.25, -0.2) is 0 Å². The fraction of sp³-hybridized carbons (Fsp3) is 0.500. The van der Waals surface area contributed by atoms with Crippen LogP contribution in [0.15, 0.2) is 23.0 Å². The molecule has 3 heteroatoms. The van der Waals surface area contributed by atoms with Crippen LogP contribution in [0.25, 0.3) is 0 Å². The largest absolute Gasteiger partial charge is 0.326 e. The summed E-state index contributed by atoms with van der Waals surface area (Å²) < 4.78 is 0. The molecule has 2 fully saturated rings. The van der Waals surface area contributed by atoms with Crippen LogP contribution in [0.5, 0.6) is 0 Å². The number of aromatic amines is 1. The number of pyridine rings is 1. The summed E-state index contributed by atoms with van der Waals surface area (Å²) in [7, 11) is 0. The average molecular weight is 361 g/mol. The van der Waals surface area contributed by atoms with Gasteiger partial charge in [0.2, 0.25) is 0 Å². The van der Waals surface area contributed by atoms with Gasteiger partial charge in [-0.15, -0.1) is 0 Å². The molecule has 2 aliphatic carbocycles. The number of hydrogen-bond donors (Lipinski definition) is 1. The van der Waals surface area contributed by atoms with E-state index in [4.69, 9.17) is 0 Å². The molecule has 2 aromatic rings. The summed E-state index contributed by atoms with van der Waals surface area (Å²) in [5.41, 5.74) is 7.64. The van der Waals surface area contributed by atoms with Crippen molar-refractivity contribution in [3.8, 4) is 6.07 Å². The first-order chi connectivity index (χ1) is 12.9. The van der Waals surface area contributed by atoms with Gasteiger partial charge in [0.1, 0.15) is 0 Å². The molecule has 0 spiro atoms. The van der Waals surface area contributed by atoms with E-state index in [9.17, 15) is 10.1 Å². The number of H-pyrrole nitrogens is 1. The number of hydrogen-bond acceptors (Lipinski definition) is 2. The van der Waals surface area contributed by atoms with Gasteiger partial charge in [-0.05, 0) is 92.2 Å². The molecule has 0 amide bonds. The maximum absolute atomic E-state index is 12.9. The second-order valence-corrected chi connectivity index (χ2v) is 8.93. The fourth-order valence-electron chi connectivity index (χ4n) is 4.67. The Bertz CT molecular complexity index is 998. The number of aryl methyl sites for hydroxylation is 2. The Morgan fingerprint density at radius 1 is 1.22 bits per heavy atom. The lowest BCUT2D eigenvalue weighted by atomic mass is 9.77.